The van der Waals surface area contributed by atoms with Crippen LogP contribution in [0.5, 0.6) is 11.5 Å². The highest BCUT2D eigenvalue weighted by atomic mass is 35.5. The zero-order chi connectivity index (χ0) is 26.9. The molecule has 0 unspecified atom stereocenters. The number of amides is 2. The normalized spacial score (nSPS) is 16.9. The number of carbonyl (C=O) groups excluding carboxylic acids is 3. The lowest BCUT2D eigenvalue weighted by Gasteiger charge is -2.19. The molecule has 2 amide bonds. The molecular formula is C24H34ClN5O7S. The summed E-state index contributed by atoms with van der Waals surface area (Å²) in [6.07, 6.45) is 1.26. The number of nitrogens with one attached hydrogen (secondary N) is 2. The van der Waals surface area contributed by atoms with Crippen LogP contribution in [0.1, 0.15) is 58.5 Å². The van der Waals surface area contributed by atoms with E-state index in [0.717, 1.165) is 0 Å². The molecule has 0 radical (unpaired) electrons. The van der Waals surface area contributed by atoms with E-state index in [1.54, 1.807) is 25.9 Å². The first-order valence-corrected chi connectivity index (χ1v) is 13.0. The molecule has 1 aliphatic heterocycles. The number of thioether (sulfide) groups is 1. The number of ether oxygens (including phenoxy) is 2. The predicted octanol–water partition coefficient (Wildman–Crippen LogP) is 2.12. The quantitative estimate of drug-likeness (QED) is 0.436. The molecule has 3 rings (SSSR count). The van der Waals surface area contributed by atoms with Crippen molar-refractivity contribution in [2.45, 2.75) is 44.5 Å². The molecule has 38 heavy (non-hydrogen) atoms. The van der Waals surface area contributed by atoms with Crippen LogP contribution in [0.2, 0.25) is 0 Å². The van der Waals surface area contributed by atoms with Crippen LogP contribution in [0.25, 0.3) is 0 Å². The van der Waals surface area contributed by atoms with Crippen molar-refractivity contribution in [3.8, 4) is 11.5 Å². The number of cyclic esters (lactones) is 1. The van der Waals surface area contributed by atoms with Gasteiger partial charge in [0.2, 0.25) is 17.7 Å². The van der Waals surface area contributed by atoms with Crippen molar-refractivity contribution in [2.24, 2.45) is 0 Å². The van der Waals surface area contributed by atoms with Gasteiger partial charge in [0.25, 0.3) is 0 Å². The van der Waals surface area contributed by atoms with Crippen LogP contribution >= 0.6 is 24.2 Å². The van der Waals surface area contributed by atoms with Crippen molar-refractivity contribution in [2.75, 3.05) is 40.1 Å². The Labute approximate surface area is 231 Å². The molecule has 14 heteroatoms. The number of carbonyl (C=O) groups is 3. The van der Waals surface area contributed by atoms with Crippen LogP contribution in [0.3, 0.4) is 0 Å². The second-order valence-electron chi connectivity index (χ2n) is 8.87. The number of halogens is 1. The van der Waals surface area contributed by atoms with Gasteiger partial charge in [-0.15, -0.1) is 12.4 Å². The van der Waals surface area contributed by atoms with Crippen molar-refractivity contribution in [1.82, 2.24) is 25.7 Å². The van der Waals surface area contributed by atoms with Gasteiger partial charge < -0.3 is 34.6 Å². The van der Waals surface area contributed by atoms with Crippen molar-refractivity contribution < 1.29 is 33.5 Å². The highest BCUT2D eigenvalue weighted by Gasteiger charge is 2.26. The number of rotatable bonds is 6. The molecule has 12 nitrogen and oxygen atoms in total. The Morgan fingerprint density at radius 1 is 1.34 bits per heavy atom. The smallest absolute Gasteiger partial charge is 0.338 e. The Morgan fingerprint density at radius 2 is 2.11 bits per heavy atom. The Balaban J connectivity index is 0.00000507. The molecule has 210 valence electrons. The molecule has 1 aromatic carbocycles. The number of likely N-dealkylation sites (N-methyl/N-ethyl adjacent to an activating group) is 1. The maximum absolute atomic E-state index is 12.9. The van der Waals surface area contributed by atoms with E-state index < -0.39 is 12.0 Å². The maximum atomic E-state index is 12.9. The third kappa shape index (κ3) is 8.50. The van der Waals surface area contributed by atoms with E-state index in [1.165, 1.54) is 24.9 Å². The monoisotopic (exact) mass is 571 g/mol. The molecule has 0 fully saturated rings. The lowest BCUT2D eigenvalue weighted by Crippen LogP contribution is -2.33. The molecule has 1 atom stereocenters. The summed E-state index contributed by atoms with van der Waals surface area (Å²) in [6.45, 7) is 2.21. The van der Waals surface area contributed by atoms with Crippen LogP contribution in [-0.4, -0.2) is 78.0 Å². The number of phenolic OH excluding ortho intramolecular Hbond substituents is 1. The minimum atomic E-state index is -0.601. The number of hydrogen-bond donors (Lipinski definition) is 3. The van der Waals surface area contributed by atoms with E-state index in [4.69, 9.17) is 14.0 Å². The first-order chi connectivity index (χ1) is 17.7. The summed E-state index contributed by atoms with van der Waals surface area (Å²) in [7, 11) is 5.05. The molecule has 1 aromatic heterocycles. The van der Waals surface area contributed by atoms with E-state index in [0.29, 0.717) is 35.5 Å². The number of aromatic hydroxyl groups is 1. The van der Waals surface area contributed by atoms with Gasteiger partial charge in [-0.2, -0.15) is 16.7 Å². The molecule has 0 spiro atoms. The average Bonchev–Trinajstić information content (AvgIpc) is 3.31. The fourth-order valence-electron chi connectivity index (χ4n) is 3.78. The lowest BCUT2D eigenvalue weighted by molar-refractivity contribution is -0.122. The third-order valence-electron chi connectivity index (χ3n) is 5.63. The summed E-state index contributed by atoms with van der Waals surface area (Å²) in [6, 6.07) is 0.871. The molecule has 1 aliphatic rings. The Hall–Kier alpha value is -3.03. The van der Waals surface area contributed by atoms with Gasteiger partial charge in [0, 0.05) is 35.1 Å². The minimum absolute atomic E-state index is 0. The number of hydrogen-bond acceptors (Lipinski definition) is 11. The number of phenols is 1. The summed E-state index contributed by atoms with van der Waals surface area (Å²) in [4.78, 5) is 43.5. The summed E-state index contributed by atoms with van der Waals surface area (Å²) >= 11 is 1.37. The highest BCUT2D eigenvalue weighted by molar-refractivity contribution is 7.98. The number of fused-ring (bicyclic) bond motifs is 1. The number of aromatic nitrogens is 2. The van der Waals surface area contributed by atoms with Crippen molar-refractivity contribution >= 4 is 42.0 Å². The van der Waals surface area contributed by atoms with Gasteiger partial charge in [-0.05, 0) is 33.9 Å². The van der Waals surface area contributed by atoms with Gasteiger partial charge in [0.15, 0.2) is 5.82 Å². The molecule has 0 saturated heterocycles. The second kappa shape index (κ2) is 14.8. The van der Waals surface area contributed by atoms with Gasteiger partial charge in [-0.1, -0.05) is 5.16 Å². The zero-order valence-corrected chi connectivity index (χ0v) is 23.5. The van der Waals surface area contributed by atoms with E-state index in [1.807, 2.05) is 0 Å². The number of esters is 1. The fraction of sp³-hybridized carbons (Fsp3) is 0.542. The van der Waals surface area contributed by atoms with Gasteiger partial charge >= 0.3 is 5.97 Å². The molecule has 3 N–H and O–H groups in total. The summed E-state index contributed by atoms with van der Waals surface area (Å²) in [5.41, 5.74) is 1.27. The topological polar surface area (TPSA) is 156 Å². The number of nitrogens with zero attached hydrogens (tertiary/aromatic N) is 3. The summed E-state index contributed by atoms with van der Waals surface area (Å²) < 4.78 is 16.1. The van der Waals surface area contributed by atoms with Crippen LogP contribution in [0, 0.1) is 6.92 Å². The van der Waals surface area contributed by atoms with Crippen LogP contribution in [0.15, 0.2) is 10.6 Å². The zero-order valence-electron chi connectivity index (χ0n) is 21.9. The SMILES string of the molecule is COc1cc(O)c2c(c1C)C(=O)OCCCCC(=O)N[C@H](c1nc(CNC(=O)CN(C)C)no1)CSC2.Cl. The highest BCUT2D eigenvalue weighted by Crippen LogP contribution is 2.36. The van der Waals surface area contributed by atoms with Gasteiger partial charge in [0.05, 0.1) is 32.4 Å². The molecule has 0 bridgehead atoms. The first kappa shape index (κ1) is 31.2. The predicted molar refractivity (Wildman–Crippen MR) is 143 cm³/mol. The van der Waals surface area contributed by atoms with E-state index in [9.17, 15) is 19.5 Å². The molecule has 2 heterocycles. The van der Waals surface area contributed by atoms with Gasteiger partial charge in [-0.25, -0.2) is 4.79 Å². The maximum Gasteiger partial charge on any atom is 0.338 e. The largest absolute Gasteiger partial charge is 0.507 e. The van der Waals surface area contributed by atoms with Crippen LogP contribution in [0.4, 0.5) is 0 Å². The van der Waals surface area contributed by atoms with E-state index >= 15 is 0 Å². The van der Waals surface area contributed by atoms with E-state index in [2.05, 4.69) is 20.8 Å². The number of benzene rings is 1. The lowest BCUT2D eigenvalue weighted by atomic mass is 10.0. The Morgan fingerprint density at radius 3 is 2.82 bits per heavy atom. The first-order valence-electron chi connectivity index (χ1n) is 11.9. The third-order valence-corrected chi connectivity index (χ3v) is 6.69. The molecule has 0 saturated carbocycles. The van der Waals surface area contributed by atoms with E-state index in [-0.39, 0.29) is 79.1 Å². The Bertz CT molecular complexity index is 1130. The summed E-state index contributed by atoms with van der Waals surface area (Å²) in [5.74, 6) is 0.476. The molecular weight excluding hydrogens is 538 g/mol. The van der Waals surface area contributed by atoms with Crippen LogP contribution < -0.4 is 15.4 Å². The Kier molecular flexibility index (Phi) is 12.1. The van der Waals surface area contributed by atoms with Crippen LogP contribution in [-0.2, 0) is 26.6 Å². The van der Waals surface area contributed by atoms with Crippen molar-refractivity contribution in [1.29, 1.82) is 0 Å². The van der Waals surface area contributed by atoms with Crippen molar-refractivity contribution in [3.63, 3.8) is 0 Å². The molecule has 2 aromatic rings. The van der Waals surface area contributed by atoms with Crippen molar-refractivity contribution in [3.05, 3.63) is 34.5 Å². The molecule has 0 aliphatic carbocycles. The average molecular weight is 572 g/mol. The summed E-state index contributed by atoms with van der Waals surface area (Å²) in [5, 5.41) is 20.2. The van der Waals surface area contributed by atoms with Gasteiger partial charge in [-0.3, -0.25) is 9.59 Å². The minimum Gasteiger partial charge on any atom is -0.507 e. The standard InChI is InChI=1S/C24H33N5O7S.ClH/c1-14-18(34-4)9-17(30)15-12-37-13-16(26-20(31)7-5-6-8-35-24(33)22(14)15)23-27-19(28-36-23)10-25-21(32)11-29(2)3;/h9,16,30H,5-8,10-13H2,1-4H3,(H,25,32)(H,26,31);1H/t16-;/m0./s1. The fourth-order valence-corrected chi connectivity index (χ4v) is 4.85. The second-order valence-corrected chi connectivity index (χ2v) is 9.90. The van der Waals surface area contributed by atoms with Gasteiger partial charge in [0.1, 0.15) is 17.5 Å². The number of methoxy groups -OCH3 is 1.